The maximum atomic E-state index is 13.3. The number of likely N-dealkylation sites (N-methyl/N-ethyl adjacent to an activating group) is 1. The molecule has 3 amide bonds. The van der Waals surface area contributed by atoms with E-state index in [0.29, 0.717) is 42.8 Å². The van der Waals surface area contributed by atoms with Crippen LogP contribution in [0, 0.1) is 0 Å². The Morgan fingerprint density at radius 2 is 1.96 bits per heavy atom. The number of aromatic amines is 1. The van der Waals surface area contributed by atoms with Gasteiger partial charge in [-0.15, -0.1) is 23.1 Å². The van der Waals surface area contributed by atoms with E-state index in [4.69, 9.17) is 15.7 Å². The molecule has 0 saturated carbocycles. The van der Waals surface area contributed by atoms with E-state index in [1.807, 2.05) is 7.05 Å². The first kappa shape index (κ1) is 32.4. The molecule has 244 valence electrons. The van der Waals surface area contributed by atoms with E-state index in [9.17, 15) is 39.0 Å². The average Bonchev–Trinajstić information content (AvgIpc) is 3.44. The highest BCUT2D eigenvalue weighted by molar-refractivity contribution is 8.00. The van der Waals surface area contributed by atoms with Crippen LogP contribution in [0.1, 0.15) is 16.2 Å². The number of quaternary nitrogens is 1. The highest BCUT2D eigenvalue weighted by Gasteiger charge is 2.55. The zero-order valence-corrected chi connectivity index (χ0v) is 25.8. The van der Waals surface area contributed by atoms with Crippen LogP contribution in [0.2, 0.25) is 0 Å². The Bertz CT molecular complexity index is 1730. The van der Waals surface area contributed by atoms with Crippen LogP contribution >= 0.6 is 23.1 Å². The van der Waals surface area contributed by atoms with Gasteiger partial charge in [-0.25, -0.2) is 14.6 Å². The van der Waals surface area contributed by atoms with Crippen LogP contribution in [-0.4, -0.2) is 138 Å². The highest BCUT2D eigenvalue weighted by Crippen LogP contribution is 2.41. The molecule has 0 bridgehead atoms. The summed E-state index contributed by atoms with van der Waals surface area (Å²) in [5.74, 6) is -4.79. The van der Waals surface area contributed by atoms with Gasteiger partial charge in [-0.3, -0.25) is 24.1 Å². The van der Waals surface area contributed by atoms with E-state index in [1.54, 1.807) is 4.90 Å². The molecule has 0 aromatic carbocycles. The number of oxime groups is 1. The number of hydrogen-bond donors (Lipinski definition) is 6. The summed E-state index contributed by atoms with van der Waals surface area (Å²) in [7, 11) is 1.92. The molecule has 18 nitrogen and oxygen atoms in total. The first-order valence-corrected chi connectivity index (χ1v) is 15.6. The van der Waals surface area contributed by atoms with E-state index in [2.05, 4.69) is 20.4 Å². The van der Waals surface area contributed by atoms with Crippen molar-refractivity contribution in [2.75, 3.05) is 57.9 Å². The number of piperazine rings is 1. The maximum Gasteiger partial charge on any atom is 0.352 e. The molecule has 2 fully saturated rings. The number of aromatic hydroxyl groups is 1. The van der Waals surface area contributed by atoms with Crippen LogP contribution in [0.5, 0.6) is 5.75 Å². The summed E-state index contributed by atoms with van der Waals surface area (Å²) >= 11 is 2.29. The van der Waals surface area contributed by atoms with Crippen molar-refractivity contribution in [1.29, 1.82) is 0 Å². The molecule has 3 aliphatic rings. The van der Waals surface area contributed by atoms with Gasteiger partial charge in [0.1, 0.15) is 35.0 Å². The molecular weight excluding hydrogens is 648 g/mol. The lowest BCUT2D eigenvalue weighted by molar-refractivity contribution is -0.908. The third-order valence-electron chi connectivity index (χ3n) is 7.66. The number of carbonyl (C=O) groups excluding carboxylic acids is 3. The van der Waals surface area contributed by atoms with Gasteiger partial charge in [-0.2, -0.15) is 0 Å². The minimum absolute atomic E-state index is 0.00818. The smallest absolute Gasteiger partial charge is 0.352 e. The Labute approximate surface area is 267 Å². The lowest BCUT2D eigenvalue weighted by atomic mass is 10.0. The quantitative estimate of drug-likeness (QED) is 0.0708. The van der Waals surface area contributed by atoms with Crippen molar-refractivity contribution in [1.82, 2.24) is 25.1 Å². The number of β-lactam (4-membered cyclic amide) rings is 1. The first-order valence-electron chi connectivity index (χ1n) is 13.7. The predicted molar refractivity (Wildman–Crippen MR) is 162 cm³/mol. The number of anilines is 1. The third-order valence-corrected chi connectivity index (χ3v) is 9.68. The Morgan fingerprint density at radius 1 is 1.24 bits per heavy atom. The number of aromatic nitrogens is 2. The Kier molecular flexibility index (Phi) is 9.03. The molecule has 2 aromatic rings. The first-order chi connectivity index (χ1) is 21.8. The summed E-state index contributed by atoms with van der Waals surface area (Å²) in [5, 5.41) is 35.3. The van der Waals surface area contributed by atoms with Crippen molar-refractivity contribution in [2.24, 2.45) is 5.16 Å². The van der Waals surface area contributed by atoms with Crippen LogP contribution in [0.4, 0.5) is 5.13 Å². The second kappa shape index (κ2) is 12.8. The highest BCUT2D eigenvalue weighted by atomic mass is 32.2. The van der Waals surface area contributed by atoms with Crippen LogP contribution in [-0.2, 0) is 24.0 Å². The van der Waals surface area contributed by atoms with Gasteiger partial charge in [0.05, 0.1) is 33.2 Å². The number of thioether (sulfide) groups is 1. The summed E-state index contributed by atoms with van der Waals surface area (Å²) in [6.45, 7) is 1.06. The summed E-state index contributed by atoms with van der Waals surface area (Å²) in [6, 6.07) is -0.0603. The summed E-state index contributed by atoms with van der Waals surface area (Å²) in [5.41, 5.74) is 4.99. The van der Waals surface area contributed by atoms with Crippen molar-refractivity contribution in [3.05, 3.63) is 50.5 Å². The number of nitrogens with one attached hydrogen (secondary N) is 2. The SMILES string of the molecule is C[N+]1(CC2=C(C(=O)O)N3C(=O)[C@@H](NC(=O)C(=NOCC(=O)O)c4csc(N)n4)[C@@H]3SC2)CCN(C(=O)c2cc(=O)c(O)c[nH]2)CC1. The van der Waals surface area contributed by atoms with Crippen molar-refractivity contribution in [3.63, 3.8) is 0 Å². The molecule has 7 N–H and O–H groups in total. The molecule has 3 aliphatic heterocycles. The van der Waals surface area contributed by atoms with Gasteiger partial charge in [0.2, 0.25) is 12.0 Å². The maximum absolute atomic E-state index is 13.3. The lowest BCUT2D eigenvalue weighted by Gasteiger charge is -2.50. The van der Waals surface area contributed by atoms with Crippen molar-refractivity contribution in [2.45, 2.75) is 11.4 Å². The largest absolute Gasteiger partial charge is 0.503 e. The molecule has 0 radical (unpaired) electrons. The number of H-pyrrole nitrogens is 1. The second-order valence-corrected chi connectivity index (χ2v) is 12.9. The normalized spacial score (nSPS) is 20.9. The number of nitrogens with zero attached hydrogens (tertiary/aromatic N) is 5. The van der Waals surface area contributed by atoms with Crippen LogP contribution in [0.25, 0.3) is 0 Å². The number of fused-ring (bicyclic) bond motifs is 1. The average molecular weight is 678 g/mol. The zero-order valence-electron chi connectivity index (χ0n) is 24.2. The number of rotatable bonds is 10. The lowest BCUT2D eigenvalue weighted by Crippen LogP contribution is -2.71. The minimum Gasteiger partial charge on any atom is -0.503 e. The van der Waals surface area contributed by atoms with Gasteiger partial charge in [0.25, 0.3) is 17.7 Å². The standard InChI is InChI=1S/C26H28N8O10S2/c1-34(4-2-32(3-5-34)22(40)13-6-15(35)16(36)7-28-13)8-12-10-45-24-19(23(41)33(24)20(12)25(42)43)30-21(39)18(31-44-9-17(37)38)14-11-46-26(27)29-14/h6-7,11,19,24H,2-5,8-10H2,1H3,(H6-,27,28,29,30,31,35,36,37,38,39,40,42,43)/p+1/t19-,24+/m1/s1. The van der Waals surface area contributed by atoms with E-state index in [-0.39, 0.29) is 28.0 Å². The molecule has 0 aliphatic carbocycles. The van der Waals surface area contributed by atoms with Gasteiger partial charge < -0.3 is 45.6 Å². The number of carbonyl (C=O) groups is 5. The van der Waals surface area contributed by atoms with Crippen LogP contribution < -0.4 is 16.5 Å². The fourth-order valence-electron chi connectivity index (χ4n) is 5.30. The van der Waals surface area contributed by atoms with Crippen molar-refractivity contribution < 1.29 is 48.6 Å². The number of amides is 3. The van der Waals surface area contributed by atoms with Gasteiger partial charge in [0.15, 0.2) is 16.6 Å². The van der Waals surface area contributed by atoms with E-state index >= 15 is 0 Å². The number of hydrogen-bond acceptors (Lipinski definition) is 13. The molecule has 5 heterocycles. The summed E-state index contributed by atoms with van der Waals surface area (Å²) in [4.78, 5) is 88.3. The van der Waals surface area contributed by atoms with Gasteiger partial charge >= 0.3 is 11.9 Å². The number of aliphatic carboxylic acids is 2. The van der Waals surface area contributed by atoms with E-state index in [1.165, 1.54) is 17.1 Å². The summed E-state index contributed by atoms with van der Waals surface area (Å²) < 4.78 is 0.391. The molecule has 2 saturated heterocycles. The third kappa shape index (κ3) is 6.53. The van der Waals surface area contributed by atoms with Gasteiger partial charge in [-0.05, 0) is 0 Å². The molecule has 5 rings (SSSR count). The number of pyridine rings is 1. The van der Waals surface area contributed by atoms with Gasteiger partial charge in [0, 0.05) is 29.0 Å². The fraction of sp³-hybridized carbons (Fsp3) is 0.385. The van der Waals surface area contributed by atoms with E-state index < -0.39 is 64.6 Å². The number of thiazole rings is 1. The Morgan fingerprint density at radius 3 is 2.57 bits per heavy atom. The van der Waals surface area contributed by atoms with Crippen molar-refractivity contribution in [3.8, 4) is 5.75 Å². The van der Waals surface area contributed by atoms with Crippen molar-refractivity contribution >= 4 is 63.6 Å². The van der Waals surface area contributed by atoms with Gasteiger partial charge in [-0.1, -0.05) is 5.16 Å². The van der Waals surface area contributed by atoms with Crippen LogP contribution in [0.3, 0.4) is 0 Å². The monoisotopic (exact) mass is 677 g/mol. The zero-order chi connectivity index (χ0) is 33.3. The Hall–Kier alpha value is -4.95. The minimum atomic E-state index is -1.33. The molecule has 46 heavy (non-hydrogen) atoms. The number of carboxylic acids is 2. The molecule has 0 unspecified atom stereocenters. The topological polar surface area (TPSA) is 258 Å². The second-order valence-electron chi connectivity index (χ2n) is 10.9. The number of nitrogens with two attached hydrogens (primary N) is 1. The molecule has 0 spiro atoms. The molecule has 2 atom stereocenters. The number of carboxylic acid groups (broad SMARTS) is 2. The predicted octanol–water partition coefficient (Wildman–Crippen LogP) is -1.73. The number of nitrogen functional groups attached to an aromatic ring is 1. The van der Waals surface area contributed by atoms with Crippen LogP contribution in [0.15, 0.2) is 38.9 Å². The molecule has 2 aromatic heterocycles. The molecular formula is C26H29N8O10S2+. The molecule has 20 heteroatoms. The summed E-state index contributed by atoms with van der Waals surface area (Å²) in [6.07, 6.45) is 1.06. The Balaban J connectivity index is 1.26. The fourth-order valence-corrected chi connectivity index (χ4v) is 7.18. The van der Waals surface area contributed by atoms with E-state index in [0.717, 1.165) is 28.5 Å².